The first-order valence-corrected chi connectivity index (χ1v) is 3.54. The van der Waals surface area contributed by atoms with Crippen LogP contribution in [0.2, 0.25) is 0 Å². The minimum atomic E-state index is -1.50. The zero-order chi connectivity index (χ0) is 14.6. The Morgan fingerprint density at radius 2 is 1.47 bits per heavy atom. The Labute approximate surface area is 94.7 Å². The molecule has 0 aromatic heterocycles. The number of rotatable bonds is 0. The lowest BCUT2D eigenvalue weighted by molar-refractivity contribution is -0.742. The maximum absolute atomic E-state index is 8.36. The van der Waals surface area contributed by atoms with Crippen LogP contribution in [0.3, 0.4) is 0 Å². The van der Waals surface area contributed by atoms with E-state index in [0.29, 0.717) is 0 Å². The van der Waals surface area contributed by atoms with Gasteiger partial charge in [0, 0.05) is 14.1 Å². The van der Waals surface area contributed by atoms with Crippen molar-refractivity contribution in [3.05, 3.63) is 20.2 Å². The van der Waals surface area contributed by atoms with Gasteiger partial charge in [-0.2, -0.15) is 0 Å². The fraction of sp³-hybridized carbons (Fsp3) is 0.500. The van der Waals surface area contributed by atoms with Crippen LogP contribution in [-0.2, 0) is 0 Å². The van der Waals surface area contributed by atoms with E-state index in [1.54, 1.807) is 14.1 Å². The van der Waals surface area contributed by atoms with Crippen molar-refractivity contribution in [2.75, 3.05) is 14.1 Å². The van der Waals surface area contributed by atoms with Crippen molar-refractivity contribution < 1.29 is 20.6 Å². The van der Waals surface area contributed by atoms with Gasteiger partial charge in [0.25, 0.3) is 10.2 Å². The Bertz CT molecular complexity index is 258. The number of nitrogens with one attached hydrogen (secondary N) is 3. The van der Waals surface area contributed by atoms with E-state index in [2.05, 4.69) is 5.32 Å². The molecule has 0 rings (SSSR count). The lowest BCUT2D eigenvalue weighted by atomic mass is 10.8. The fourth-order valence-electron chi connectivity index (χ4n) is 0.239. The molecule has 0 aliphatic rings. The van der Waals surface area contributed by atoms with Crippen molar-refractivity contribution in [3.63, 3.8) is 0 Å². The SMILES string of the molecule is CN(C)C(=N)NC(=N)N.O=[N+]([O-])O.O=[N+]([O-])O. The molecule has 17 heavy (non-hydrogen) atoms. The average molecular weight is 255 g/mol. The highest BCUT2D eigenvalue weighted by Gasteiger charge is 1.96. The van der Waals surface area contributed by atoms with E-state index in [1.807, 2.05) is 0 Å². The minimum Gasteiger partial charge on any atom is -0.370 e. The van der Waals surface area contributed by atoms with Gasteiger partial charge in [0.2, 0.25) is 0 Å². The molecule has 0 fully saturated rings. The highest BCUT2D eigenvalue weighted by Crippen LogP contribution is 1.70. The molecule has 0 aromatic carbocycles. The third-order valence-corrected chi connectivity index (χ3v) is 0.700. The Kier molecular flexibility index (Phi) is 13.0. The monoisotopic (exact) mass is 255 g/mol. The summed E-state index contributed by atoms with van der Waals surface area (Å²) in [5, 5.41) is 43.4. The lowest BCUT2D eigenvalue weighted by Gasteiger charge is -2.13. The molecule has 0 heterocycles. The first-order valence-electron chi connectivity index (χ1n) is 3.54. The van der Waals surface area contributed by atoms with Crippen molar-refractivity contribution in [2.24, 2.45) is 5.73 Å². The third kappa shape index (κ3) is 61.7. The van der Waals surface area contributed by atoms with E-state index in [-0.39, 0.29) is 11.9 Å². The molecule has 7 N–H and O–H groups in total. The second-order valence-electron chi connectivity index (χ2n) is 2.26. The quantitative estimate of drug-likeness (QED) is 0.125. The van der Waals surface area contributed by atoms with Crippen LogP contribution in [0, 0.1) is 31.0 Å². The summed E-state index contributed by atoms with van der Waals surface area (Å²) in [6, 6.07) is 0. The number of nitrogens with two attached hydrogens (primary N) is 1. The fourth-order valence-corrected chi connectivity index (χ4v) is 0.239. The molecule has 0 amide bonds. The molecule has 0 bridgehead atoms. The Morgan fingerprint density at radius 1 is 1.24 bits per heavy atom. The van der Waals surface area contributed by atoms with Crippen LogP contribution in [0.4, 0.5) is 0 Å². The molecule has 13 heteroatoms. The highest BCUT2D eigenvalue weighted by molar-refractivity contribution is 5.94. The van der Waals surface area contributed by atoms with Crippen LogP contribution < -0.4 is 11.1 Å². The molecule has 0 aromatic rings. The number of nitrogens with zero attached hydrogens (tertiary/aromatic N) is 3. The van der Waals surface area contributed by atoms with Gasteiger partial charge < -0.3 is 21.0 Å². The topological polar surface area (TPSA) is 216 Å². The average Bonchev–Trinajstić information content (AvgIpc) is 1.99. The second kappa shape index (κ2) is 11.2. The van der Waals surface area contributed by atoms with Crippen LogP contribution in [0.1, 0.15) is 0 Å². The van der Waals surface area contributed by atoms with Gasteiger partial charge in [0.15, 0.2) is 11.9 Å². The van der Waals surface area contributed by atoms with Crippen LogP contribution in [0.5, 0.6) is 0 Å². The zero-order valence-corrected chi connectivity index (χ0v) is 8.95. The van der Waals surface area contributed by atoms with Crippen LogP contribution in [0.15, 0.2) is 0 Å². The second-order valence-corrected chi connectivity index (χ2v) is 2.26. The Hall–Kier alpha value is -2.86. The van der Waals surface area contributed by atoms with Gasteiger partial charge >= 0.3 is 0 Å². The molecule has 0 atom stereocenters. The van der Waals surface area contributed by atoms with Gasteiger partial charge in [-0.3, -0.25) is 16.1 Å². The first-order chi connectivity index (χ1) is 7.50. The van der Waals surface area contributed by atoms with E-state index in [4.69, 9.17) is 47.2 Å². The van der Waals surface area contributed by atoms with Crippen molar-refractivity contribution in [1.29, 1.82) is 10.8 Å². The van der Waals surface area contributed by atoms with Gasteiger partial charge in [0.1, 0.15) is 0 Å². The lowest BCUT2D eigenvalue weighted by Crippen LogP contribution is -2.42. The predicted molar refractivity (Wildman–Crippen MR) is 54.0 cm³/mol. The number of hydrogen-bond donors (Lipinski definition) is 6. The van der Waals surface area contributed by atoms with Crippen LogP contribution in [-0.4, -0.2) is 51.5 Å². The largest absolute Gasteiger partial charge is 0.370 e. The molecule has 13 nitrogen and oxygen atoms in total. The summed E-state index contributed by atoms with van der Waals surface area (Å²) in [4.78, 5) is 18.2. The minimum absolute atomic E-state index is 0.113. The van der Waals surface area contributed by atoms with Gasteiger partial charge in [-0.25, -0.2) is 0 Å². The number of hydrogen-bond acceptors (Lipinski definition) is 6. The maximum Gasteiger partial charge on any atom is 0.291 e. The Balaban J connectivity index is -0.000000205. The van der Waals surface area contributed by atoms with Crippen molar-refractivity contribution in [1.82, 2.24) is 10.2 Å². The summed E-state index contributed by atoms with van der Waals surface area (Å²) in [5.74, 6) is -0.101. The maximum atomic E-state index is 8.36. The van der Waals surface area contributed by atoms with E-state index in [0.717, 1.165) is 0 Å². The van der Waals surface area contributed by atoms with Crippen molar-refractivity contribution in [3.8, 4) is 0 Å². The summed E-state index contributed by atoms with van der Waals surface area (Å²) in [6.07, 6.45) is 0. The van der Waals surface area contributed by atoms with E-state index in [9.17, 15) is 0 Å². The standard InChI is InChI=1S/C4H11N5.2HNO3/c1-9(2)4(7)8-3(5)6;2*2-1(3)4/h1-2H3,(H5,5,6,7,8);2*(H,2,3,4). The molecular formula is C4H13N7O6. The van der Waals surface area contributed by atoms with Crippen molar-refractivity contribution >= 4 is 11.9 Å². The zero-order valence-electron chi connectivity index (χ0n) is 8.95. The molecule has 0 saturated carbocycles. The van der Waals surface area contributed by atoms with Gasteiger partial charge in [-0.05, 0) is 0 Å². The summed E-state index contributed by atoms with van der Waals surface area (Å²) in [7, 11) is 3.39. The molecular weight excluding hydrogens is 242 g/mol. The summed E-state index contributed by atoms with van der Waals surface area (Å²) in [6.45, 7) is 0. The van der Waals surface area contributed by atoms with Crippen LogP contribution >= 0.6 is 0 Å². The predicted octanol–water partition coefficient (Wildman–Crippen LogP) is -1.73. The third-order valence-electron chi connectivity index (χ3n) is 0.700. The number of guanidine groups is 2. The van der Waals surface area contributed by atoms with Crippen molar-refractivity contribution in [2.45, 2.75) is 0 Å². The van der Waals surface area contributed by atoms with E-state index < -0.39 is 10.2 Å². The molecule has 0 radical (unpaired) electrons. The van der Waals surface area contributed by atoms with Gasteiger partial charge in [-0.1, -0.05) is 0 Å². The smallest absolute Gasteiger partial charge is 0.291 e. The Morgan fingerprint density at radius 3 is 1.53 bits per heavy atom. The summed E-state index contributed by atoms with van der Waals surface area (Å²) >= 11 is 0. The normalized spacial score (nSPS) is 7.18. The summed E-state index contributed by atoms with van der Waals surface area (Å²) in [5.41, 5.74) is 4.94. The molecule has 0 unspecified atom stereocenters. The molecule has 0 aliphatic heterocycles. The first kappa shape index (κ1) is 19.7. The molecule has 0 aliphatic carbocycles. The molecule has 0 spiro atoms. The van der Waals surface area contributed by atoms with Gasteiger partial charge in [-0.15, -0.1) is 20.2 Å². The summed E-state index contributed by atoms with van der Waals surface area (Å²) < 4.78 is 0. The molecule has 0 saturated heterocycles. The van der Waals surface area contributed by atoms with E-state index >= 15 is 0 Å². The highest BCUT2D eigenvalue weighted by atomic mass is 16.9. The van der Waals surface area contributed by atoms with Crippen LogP contribution in [0.25, 0.3) is 0 Å². The van der Waals surface area contributed by atoms with Gasteiger partial charge in [0.05, 0.1) is 0 Å². The van der Waals surface area contributed by atoms with E-state index in [1.165, 1.54) is 4.90 Å². The molecule has 100 valence electrons.